The summed E-state index contributed by atoms with van der Waals surface area (Å²) in [5, 5.41) is 9.93. The molecule has 1 aliphatic carbocycles. The van der Waals surface area contributed by atoms with Crippen molar-refractivity contribution in [3.05, 3.63) is 93.6 Å². The van der Waals surface area contributed by atoms with Crippen molar-refractivity contribution in [2.75, 3.05) is 6.26 Å². The Morgan fingerprint density at radius 1 is 1.07 bits per heavy atom. The van der Waals surface area contributed by atoms with E-state index in [1.165, 1.54) is 16.9 Å². The highest BCUT2D eigenvalue weighted by Gasteiger charge is 2.30. The van der Waals surface area contributed by atoms with Crippen LogP contribution in [0.5, 0.6) is 0 Å². The molecule has 4 aromatic rings. The Bertz CT molecular complexity index is 1890. The summed E-state index contributed by atoms with van der Waals surface area (Å²) in [4.78, 5) is 47.7. The van der Waals surface area contributed by atoms with E-state index in [4.69, 9.17) is 4.74 Å². The number of esters is 1. The summed E-state index contributed by atoms with van der Waals surface area (Å²) in [5.74, 6) is -1.40. The maximum atomic E-state index is 13.6. The second-order valence-electron chi connectivity index (χ2n) is 11.9. The molecule has 0 aliphatic heterocycles. The molecule has 2 N–H and O–H groups in total. The van der Waals surface area contributed by atoms with Crippen molar-refractivity contribution >= 4 is 33.4 Å². The lowest BCUT2D eigenvalue weighted by Gasteiger charge is -2.21. The fraction of sp³-hybridized carbons (Fsp3) is 0.355. The number of nitrogens with one attached hydrogen (secondary N) is 2. The Hall–Kier alpha value is -4.65. The summed E-state index contributed by atoms with van der Waals surface area (Å²) in [7, 11) is -3.20. The third-order valence-corrected chi connectivity index (χ3v) is 8.07. The topological polar surface area (TPSA) is 162 Å². The van der Waals surface area contributed by atoms with Gasteiger partial charge in [-0.05, 0) is 74.4 Å². The van der Waals surface area contributed by atoms with Gasteiger partial charge in [0.25, 0.3) is 17.6 Å². The van der Waals surface area contributed by atoms with Crippen LogP contribution in [0.3, 0.4) is 0 Å². The molecule has 13 heteroatoms. The normalized spacial score (nSPS) is 14.7. The Labute approximate surface area is 255 Å². The van der Waals surface area contributed by atoms with Gasteiger partial charge < -0.3 is 15.4 Å². The second-order valence-corrected chi connectivity index (χ2v) is 14.1. The molecule has 2 amide bonds. The number of carbonyl (C=O) groups excluding carboxylic acids is 3. The zero-order valence-electron chi connectivity index (χ0n) is 25.2. The quantitative estimate of drug-likeness (QED) is 0.282. The number of benzene rings is 2. The minimum Gasteiger partial charge on any atom is -0.456 e. The molecule has 44 heavy (non-hydrogen) atoms. The van der Waals surface area contributed by atoms with Gasteiger partial charge >= 0.3 is 5.97 Å². The molecule has 0 fully saturated rings. The van der Waals surface area contributed by atoms with Gasteiger partial charge in [0, 0.05) is 18.9 Å². The number of nitrogens with zero attached hydrogens (tertiary/aromatic N) is 4. The number of carbonyl (C=O) groups is 3. The minimum atomic E-state index is -3.20. The van der Waals surface area contributed by atoms with Crippen LogP contribution in [-0.2, 0) is 33.3 Å². The van der Waals surface area contributed by atoms with Crippen molar-refractivity contribution in [1.82, 2.24) is 30.2 Å². The van der Waals surface area contributed by atoms with E-state index in [1.807, 2.05) is 33.8 Å². The van der Waals surface area contributed by atoms with E-state index in [0.29, 0.717) is 29.5 Å². The summed E-state index contributed by atoms with van der Waals surface area (Å²) < 4.78 is 30.1. The van der Waals surface area contributed by atoms with E-state index in [0.717, 1.165) is 22.9 Å². The zero-order valence-corrected chi connectivity index (χ0v) is 26.0. The summed E-state index contributed by atoms with van der Waals surface area (Å²) in [5.41, 5.74) is 4.03. The first kappa shape index (κ1) is 30.8. The van der Waals surface area contributed by atoms with Crippen LogP contribution in [0.4, 0.5) is 0 Å². The number of fused-ring (bicyclic) bond motifs is 2. The first-order valence-corrected chi connectivity index (χ1v) is 16.2. The van der Waals surface area contributed by atoms with Crippen molar-refractivity contribution in [2.24, 2.45) is 0 Å². The molecular formula is C31H34N6O6S. The molecule has 12 nitrogen and oxygen atoms in total. The fourth-order valence-corrected chi connectivity index (χ4v) is 6.10. The third-order valence-electron chi connectivity index (χ3n) is 7.21. The van der Waals surface area contributed by atoms with Crippen LogP contribution < -0.4 is 10.6 Å². The summed E-state index contributed by atoms with van der Waals surface area (Å²) in [6.45, 7) is 7.48. The van der Waals surface area contributed by atoms with Gasteiger partial charge in [0.2, 0.25) is 0 Å². The van der Waals surface area contributed by atoms with Gasteiger partial charge in [-0.25, -0.2) is 18.2 Å². The molecule has 0 spiro atoms. The van der Waals surface area contributed by atoms with Crippen LogP contribution >= 0.6 is 0 Å². The highest BCUT2D eigenvalue weighted by molar-refractivity contribution is 7.89. The van der Waals surface area contributed by atoms with Crippen LogP contribution in [0.2, 0.25) is 0 Å². The van der Waals surface area contributed by atoms with E-state index in [9.17, 15) is 22.8 Å². The van der Waals surface area contributed by atoms with Crippen molar-refractivity contribution in [3.8, 4) is 0 Å². The average Bonchev–Trinajstić information content (AvgIpc) is 3.57. The Morgan fingerprint density at radius 3 is 2.55 bits per heavy atom. The molecule has 0 saturated carbocycles. The predicted molar refractivity (Wildman–Crippen MR) is 162 cm³/mol. The summed E-state index contributed by atoms with van der Waals surface area (Å²) in [6, 6.07) is 11.6. The molecular weight excluding hydrogens is 584 g/mol. The van der Waals surface area contributed by atoms with Gasteiger partial charge in [0.15, 0.2) is 9.84 Å². The number of ether oxygens (including phenoxy) is 1. The molecule has 2 heterocycles. The van der Waals surface area contributed by atoms with Gasteiger partial charge in [-0.1, -0.05) is 30.3 Å². The van der Waals surface area contributed by atoms with Gasteiger partial charge in [0.05, 0.1) is 17.4 Å². The van der Waals surface area contributed by atoms with Crippen LogP contribution in [0, 0.1) is 6.92 Å². The first-order valence-electron chi connectivity index (χ1n) is 14.1. The Morgan fingerprint density at radius 2 is 1.82 bits per heavy atom. The highest BCUT2D eigenvalue weighted by atomic mass is 32.2. The van der Waals surface area contributed by atoms with Crippen molar-refractivity contribution in [1.29, 1.82) is 0 Å². The fourth-order valence-electron chi connectivity index (χ4n) is 5.31. The second kappa shape index (κ2) is 11.8. The lowest BCUT2D eigenvalue weighted by molar-refractivity contribution is 0.00683. The lowest BCUT2D eigenvalue weighted by Crippen LogP contribution is -2.31. The summed E-state index contributed by atoms with van der Waals surface area (Å²) in [6.07, 6.45) is 3.73. The van der Waals surface area contributed by atoms with E-state index in [2.05, 4.69) is 25.7 Å². The molecule has 0 radical (unpaired) electrons. The number of aromatic nitrogens is 4. The molecule has 2 aromatic carbocycles. The van der Waals surface area contributed by atoms with E-state index in [1.54, 1.807) is 30.3 Å². The van der Waals surface area contributed by atoms with Crippen LogP contribution in [0.25, 0.3) is 5.78 Å². The van der Waals surface area contributed by atoms with E-state index >= 15 is 0 Å². The molecule has 0 saturated heterocycles. The molecule has 2 aromatic heterocycles. The maximum absolute atomic E-state index is 13.6. The Kier molecular flexibility index (Phi) is 8.25. The van der Waals surface area contributed by atoms with Gasteiger partial charge in [0.1, 0.15) is 23.3 Å². The third kappa shape index (κ3) is 6.94. The van der Waals surface area contributed by atoms with E-state index in [-0.39, 0.29) is 41.5 Å². The predicted octanol–water partition coefficient (Wildman–Crippen LogP) is 3.28. The average molecular weight is 619 g/mol. The monoisotopic (exact) mass is 618 g/mol. The Balaban J connectivity index is 1.33. The molecule has 0 bridgehead atoms. The summed E-state index contributed by atoms with van der Waals surface area (Å²) >= 11 is 0. The number of hydrogen-bond acceptors (Lipinski definition) is 9. The molecule has 230 valence electrons. The molecule has 1 aliphatic rings. The van der Waals surface area contributed by atoms with Crippen molar-refractivity contribution in [2.45, 2.75) is 64.5 Å². The first-order chi connectivity index (χ1) is 20.7. The SMILES string of the molecule is Cc1c(C(=O)OC(C)(C)C)ccc2c1CC[C@@H]2NC(=O)c1cc(C(=O)NCc2cccc(CS(C)(=O)=O)c2)nc2ncnn12. The lowest BCUT2D eigenvalue weighted by atomic mass is 9.97. The zero-order chi connectivity index (χ0) is 31.8. The number of sulfone groups is 1. The van der Waals surface area contributed by atoms with E-state index < -0.39 is 27.3 Å². The van der Waals surface area contributed by atoms with Gasteiger partial charge in [-0.15, -0.1) is 0 Å². The molecule has 5 rings (SSSR count). The molecule has 1 atom stereocenters. The number of rotatable bonds is 8. The molecule has 0 unspecified atom stereocenters. The smallest absolute Gasteiger partial charge is 0.338 e. The van der Waals surface area contributed by atoms with Crippen LogP contribution in [-0.4, -0.2) is 57.6 Å². The number of amides is 2. The van der Waals surface area contributed by atoms with Crippen molar-refractivity contribution < 1.29 is 27.5 Å². The van der Waals surface area contributed by atoms with Crippen LogP contribution in [0.1, 0.15) is 92.4 Å². The standard InChI is InChI=1S/C31H34N6O6S/c1-18-21-11-12-24(23(21)10-9-22(18)29(40)43-31(2,3)4)35-28(39)26-14-25(36-30-33-17-34-37(26)30)27(38)32-15-19-7-6-8-20(13-19)16-44(5,41)42/h6-10,13-14,17,24H,11-12,15-16H2,1-5H3,(H,32,38)(H,35,39)/t24-/m0/s1. The van der Waals surface area contributed by atoms with Gasteiger partial charge in [-0.3, -0.25) is 9.59 Å². The van der Waals surface area contributed by atoms with Gasteiger partial charge in [-0.2, -0.15) is 14.6 Å². The largest absolute Gasteiger partial charge is 0.456 e. The maximum Gasteiger partial charge on any atom is 0.338 e. The minimum absolute atomic E-state index is 0.0207. The van der Waals surface area contributed by atoms with Crippen LogP contribution in [0.15, 0.2) is 48.8 Å². The number of hydrogen-bond donors (Lipinski definition) is 2. The highest BCUT2D eigenvalue weighted by Crippen LogP contribution is 2.35. The van der Waals surface area contributed by atoms with Crippen molar-refractivity contribution in [3.63, 3.8) is 0 Å².